The van der Waals surface area contributed by atoms with Crippen molar-refractivity contribution in [2.75, 3.05) is 0 Å². The van der Waals surface area contributed by atoms with E-state index in [0.29, 0.717) is 12.1 Å². The zero-order valence-corrected chi connectivity index (χ0v) is 15.9. The number of nitrogens with zero attached hydrogens (tertiary/aromatic N) is 3. The molecule has 2 aromatic carbocycles. The molecule has 6 heteroatoms. The zero-order chi connectivity index (χ0) is 19.5. The number of hydrogen-bond donors (Lipinski definition) is 1. The lowest BCUT2D eigenvalue weighted by molar-refractivity contribution is 0.0935. The average molecular weight is 374 g/mol. The summed E-state index contributed by atoms with van der Waals surface area (Å²) in [6.07, 6.45) is 2.58. The normalized spacial score (nSPS) is 12.2. The third-order valence-electron chi connectivity index (χ3n) is 4.81. The number of amides is 1. The van der Waals surface area contributed by atoms with Gasteiger partial charge >= 0.3 is 0 Å². The standard InChI is InChI=1S/C22H22N4O2/c1-3-19(16-7-5-4-6-8-16)24-22(27)17-9-10-21-20(12-17)23-14-26(21)13-18-11-15(2)28-25-18/h4-12,14,19H,3,13H2,1-2H3,(H,24,27). The third kappa shape index (κ3) is 3.67. The number of carbonyl (C=O) groups is 1. The smallest absolute Gasteiger partial charge is 0.251 e. The highest BCUT2D eigenvalue weighted by molar-refractivity contribution is 5.97. The number of rotatable bonds is 6. The topological polar surface area (TPSA) is 73.0 Å². The van der Waals surface area contributed by atoms with E-state index in [2.05, 4.69) is 22.4 Å². The highest BCUT2D eigenvalue weighted by Crippen LogP contribution is 2.19. The third-order valence-corrected chi connectivity index (χ3v) is 4.81. The second-order valence-corrected chi connectivity index (χ2v) is 6.85. The Kier molecular flexibility index (Phi) is 4.93. The molecule has 2 aromatic heterocycles. The molecule has 1 atom stereocenters. The van der Waals surface area contributed by atoms with Crippen LogP contribution in [0.2, 0.25) is 0 Å². The largest absolute Gasteiger partial charge is 0.361 e. The van der Waals surface area contributed by atoms with Crippen LogP contribution in [0.1, 0.15) is 46.8 Å². The zero-order valence-electron chi connectivity index (χ0n) is 15.9. The molecule has 6 nitrogen and oxygen atoms in total. The van der Waals surface area contributed by atoms with Crippen LogP contribution < -0.4 is 5.32 Å². The first-order valence-corrected chi connectivity index (χ1v) is 9.37. The molecule has 0 aliphatic heterocycles. The van der Waals surface area contributed by atoms with E-state index in [9.17, 15) is 4.79 Å². The highest BCUT2D eigenvalue weighted by Gasteiger charge is 2.15. The number of benzene rings is 2. The predicted octanol–water partition coefficient (Wildman–Crippen LogP) is 4.26. The molecule has 0 radical (unpaired) electrons. The summed E-state index contributed by atoms with van der Waals surface area (Å²) in [7, 11) is 0. The van der Waals surface area contributed by atoms with Crippen LogP contribution in [0.15, 0.2) is 65.4 Å². The molecular weight excluding hydrogens is 352 g/mol. The first kappa shape index (κ1) is 18.0. The molecule has 28 heavy (non-hydrogen) atoms. The number of hydrogen-bond acceptors (Lipinski definition) is 4. The maximum Gasteiger partial charge on any atom is 0.251 e. The molecule has 0 saturated carbocycles. The molecule has 0 aliphatic rings. The molecule has 2 heterocycles. The first-order chi connectivity index (χ1) is 13.6. The summed E-state index contributed by atoms with van der Waals surface area (Å²) < 4.78 is 7.12. The van der Waals surface area contributed by atoms with Gasteiger partial charge in [0.25, 0.3) is 5.91 Å². The Morgan fingerprint density at radius 3 is 2.71 bits per heavy atom. The summed E-state index contributed by atoms with van der Waals surface area (Å²) >= 11 is 0. The van der Waals surface area contributed by atoms with Gasteiger partial charge in [-0.2, -0.15) is 0 Å². The van der Waals surface area contributed by atoms with Gasteiger partial charge in [0.1, 0.15) is 11.5 Å². The van der Waals surface area contributed by atoms with Crippen LogP contribution in [0.4, 0.5) is 0 Å². The lowest BCUT2D eigenvalue weighted by Gasteiger charge is -2.17. The monoisotopic (exact) mass is 374 g/mol. The molecule has 0 saturated heterocycles. The Balaban J connectivity index is 1.53. The molecule has 0 aliphatic carbocycles. The van der Waals surface area contributed by atoms with Crippen molar-refractivity contribution in [2.45, 2.75) is 32.9 Å². The molecule has 0 fully saturated rings. The summed E-state index contributed by atoms with van der Waals surface area (Å²) in [5.41, 5.74) is 4.27. The minimum atomic E-state index is -0.0979. The lowest BCUT2D eigenvalue weighted by atomic mass is 10.0. The van der Waals surface area contributed by atoms with Crippen molar-refractivity contribution in [1.82, 2.24) is 20.0 Å². The van der Waals surface area contributed by atoms with Crippen molar-refractivity contribution in [1.29, 1.82) is 0 Å². The molecule has 1 unspecified atom stereocenters. The molecule has 1 N–H and O–H groups in total. The fourth-order valence-electron chi connectivity index (χ4n) is 3.35. The molecule has 4 rings (SSSR count). The summed E-state index contributed by atoms with van der Waals surface area (Å²) in [4.78, 5) is 17.2. The van der Waals surface area contributed by atoms with Gasteiger partial charge in [0.2, 0.25) is 0 Å². The van der Waals surface area contributed by atoms with E-state index >= 15 is 0 Å². The van der Waals surface area contributed by atoms with E-state index < -0.39 is 0 Å². The fourth-order valence-corrected chi connectivity index (χ4v) is 3.35. The van der Waals surface area contributed by atoms with Crippen molar-refractivity contribution in [3.8, 4) is 0 Å². The first-order valence-electron chi connectivity index (χ1n) is 9.37. The van der Waals surface area contributed by atoms with Gasteiger partial charge in [-0.05, 0) is 37.1 Å². The minimum Gasteiger partial charge on any atom is -0.361 e. The predicted molar refractivity (Wildman–Crippen MR) is 107 cm³/mol. The number of imidazole rings is 1. The van der Waals surface area contributed by atoms with Crippen LogP contribution >= 0.6 is 0 Å². The Labute approximate surface area is 163 Å². The Bertz CT molecular complexity index is 1100. The van der Waals surface area contributed by atoms with E-state index in [-0.39, 0.29) is 11.9 Å². The Hall–Kier alpha value is -3.41. The minimum absolute atomic E-state index is 0.0163. The molecule has 0 bridgehead atoms. The second-order valence-electron chi connectivity index (χ2n) is 6.85. The number of fused-ring (bicyclic) bond motifs is 1. The van der Waals surface area contributed by atoms with E-state index in [1.54, 1.807) is 6.33 Å². The number of carbonyl (C=O) groups excluding carboxylic acids is 1. The molecule has 4 aromatic rings. The quantitative estimate of drug-likeness (QED) is 0.547. The maximum atomic E-state index is 12.8. The summed E-state index contributed by atoms with van der Waals surface area (Å²) in [5, 5.41) is 7.14. The van der Waals surface area contributed by atoms with Crippen molar-refractivity contribution in [3.63, 3.8) is 0 Å². The molecule has 142 valence electrons. The highest BCUT2D eigenvalue weighted by atomic mass is 16.5. The van der Waals surface area contributed by atoms with Crippen molar-refractivity contribution >= 4 is 16.9 Å². The second kappa shape index (κ2) is 7.68. The summed E-state index contributed by atoms with van der Waals surface area (Å²) in [5.74, 6) is 0.682. The molecule has 0 spiro atoms. The summed E-state index contributed by atoms with van der Waals surface area (Å²) in [6.45, 7) is 4.51. The van der Waals surface area contributed by atoms with Gasteiger partial charge in [-0.3, -0.25) is 4.79 Å². The van der Waals surface area contributed by atoms with Crippen molar-refractivity contribution in [3.05, 3.63) is 83.5 Å². The SMILES string of the molecule is CCC(NC(=O)c1ccc2c(c1)ncn2Cc1cc(C)on1)c1ccccc1. The lowest BCUT2D eigenvalue weighted by Crippen LogP contribution is -2.28. The van der Waals surface area contributed by atoms with Crippen LogP contribution in [0.5, 0.6) is 0 Å². The number of aromatic nitrogens is 3. The van der Waals surface area contributed by atoms with Gasteiger partial charge in [-0.25, -0.2) is 4.98 Å². The van der Waals surface area contributed by atoms with Crippen LogP contribution in [0.3, 0.4) is 0 Å². The summed E-state index contributed by atoms with van der Waals surface area (Å²) in [6, 6.07) is 17.5. The molecular formula is C22H22N4O2. The van der Waals surface area contributed by atoms with Crippen LogP contribution in [-0.2, 0) is 6.54 Å². The van der Waals surface area contributed by atoms with Gasteiger partial charge < -0.3 is 14.4 Å². The van der Waals surface area contributed by atoms with Gasteiger partial charge in [0.15, 0.2) is 0 Å². The number of nitrogens with one attached hydrogen (secondary N) is 1. The van der Waals surface area contributed by atoms with E-state index in [1.807, 2.05) is 66.1 Å². The van der Waals surface area contributed by atoms with Gasteiger partial charge in [0.05, 0.1) is 29.9 Å². The van der Waals surface area contributed by atoms with Crippen LogP contribution in [0, 0.1) is 6.92 Å². The van der Waals surface area contributed by atoms with Gasteiger partial charge in [0, 0.05) is 11.6 Å². The van der Waals surface area contributed by atoms with Crippen LogP contribution in [0.25, 0.3) is 11.0 Å². The average Bonchev–Trinajstić information content (AvgIpc) is 3.32. The van der Waals surface area contributed by atoms with E-state index in [1.165, 1.54) is 0 Å². The Morgan fingerprint density at radius 1 is 1.18 bits per heavy atom. The van der Waals surface area contributed by atoms with Crippen LogP contribution in [-0.4, -0.2) is 20.6 Å². The van der Waals surface area contributed by atoms with E-state index in [4.69, 9.17) is 4.52 Å². The Morgan fingerprint density at radius 2 is 2.00 bits per heavy atom. The molecule has 1 amide bonds. The van der Waals surface area contributed by atoms with E-state index in [0.717, 1.165) is 34.5 Å². The van der Waals surface area contributed by atoms with Crippen molar-refractivity contribution in [2.24, 2.45) is 0 Å². The number of aryl methyl sites for hydroxylation is 1. The fraction of sp³-hybridized carbons (Fsp3) is 0.227. The van der Waals surface area contributed by atoms with Gasteiger partial charge in [-0.1, -0.05) is 42.4 Å². The maximum absolute atomic E-state index is 12.8. The van der Waals surface area contributed by atoms with Gasteiger partial charge in [-0.15, -0.1) is 0 Å². The van der Waals surface area contributed by atoms with Crippen molar-refractivity contribution < 1.29 is 9.32 Å².